The van der Waals surface area contributed by atoms with Crippen LogP contribution in [0.15, 0.2) is 24.3 Å². The van der Waals surface area contributed by atoms with Crippen molar-refractivity contribution in [3.05, 3.63) is 24.3 Å². The Bertz CT molecular complexity index is 433. The Morgan fingerprint density at radius 2 is 1.43 bits per heavy atom. The molecule has 2 heterocycles. The normalized spacial score (nSPS) is 21.9. The summed E-state index contributed by atoms with van der Waals surface area (Å²) in [6.07, 6.45) is 0. The van der Waals surface area contributed by atoms with Gasteiger partial charge in [-0.15, -0.1) is 0 Å². The highest BCUT2D eigenvalue weighted by molar-refractivity contribution is 5.49. The maximum atomic E-state index is 5.23. The molecule has 0 saturated carbocycles. The van der Waals surface area contributed by atoms with Crippen molar-refractivity contribution in [3.8, 4) is 5.75 Å². The van der Waals surface area contributed by atoms with Gasteiger partial charge in [-0.05, 0) is 31.3 Å². The standard InChI is InChI=1S/C16H26N3O.ClH/c1-17-7-11-19(12-8-17)13-9-18(10-14-19)15-3-5-16(20-2)6-4-15;/h3-6H,7-14H2,1-2H3;1H/q+1;/p-1. The van der Waals surface area contributed by atoms with Crippen LogP contribution < -0.4 is 22.0 Å². The van der Waals surface area contributed by atoms with Crippen LogP contribution in [-0.4, -0.2) is 75.9 Å². The van der Waals surface area contributed by atoms with Crippen LogP contribution in [0.1, 0.15) is 0 Å². The number of anilines is 1. The summed E-state index contributed by atoms with van der Waals surface area (Å²) in [7, 11) is 3.96. The molecule has 0 atom stereocenters. The molecule has 1 aromatic rings. The van der Waals surface area contributed by atoms with Crippen LogP contribution in [0.3, 0.4) is 0 Å². The van der Waals surface area contributed by atoms with Crippen LogP contribution in [-0.2, 0) is 0 Å². The molecule has 0 bridgehead atoms. The number of hydrogen-bond acceptors (Lipinski definition) is 3. The second-order valence-corrected chi connectivity index (χ2v) is 6.22. The lowest BCUT2D eigenvalue weighted by Gasteiger charge is -2.49. The third-order valence-electron chi connectivity index (χ3n) is 5.04. The number of piperazine rings is 2. The minimum Gasteiger partial charge on any atom is -1.00 e. The minimum atomic E-state index is 0. The fourth-order valence-electron chi connectivity index (χ4n) is 3.38. The Hall–Kier alpha value is -0.970. The molecule has 118 valence electrons. The fraction of sp³-hybridized carbons (Fsp3) is 0.625. The predicted octanol–water partition coefficient (Wildman–Crippen LogP) is -1.72. The van der Waals surface area contributed by atoms with Crippen LogP contribution in [0.5, 0.6) is 5.75 Å². The summed E-state index contributed by atoms with van der Waals surface area (Å²) >= 11 is 0. The van der Waals surface area contributed by atoms with E-state index in [9.17, 15) is 0 Å². The van der Waals surface area contributed by atoms with Crippen LogP contribution in [0.2, 0.25) is 0 Å². The number of nitrogens with zero attached hydrogens (tertiary/aromatic N) is 3. The van der Waals surface area contributed by atoms with Crippen molar-refractivity contribution in [1.82, 2.24) is 4.90 Å². The molecule has 0 amide bonds. The van der Waals surface area contributed by atoms with E-state index in [1.165, 1.54) is 62.5 Å². The lowest BCUT2D eigenvalue weighted by molar-refractivity contribution is -0.932. The highest BCUT2D eigenvalue weighted by atomic mass is 35.5. The Balaban J connectivity index is 0.00000161. The van der Waals surface area contributed by atoms with Gasteiger partial charge in [0.15, 0.2) is 0 Å². The van der Waals surface area contributed by atoms with Gasteiger partial charge in [0, 0.05) is 18.8 Å². The maximum Gasteiger partial charge on any atom is 0.119 e. The van der Waals surface area contributed by atoms with Crippen molar-refractivity contribution < 1.29 is 21.6 Å². The summed E-state index contributed by atoms with van der Waals surface area (Å²) in [5.74, 6) is 0.938. The van der Waals surface area contributed by atoms with Crippen molar-refractivity contribution in [2.75, 3.05) is 71.4 Å². The molecule has 2 aliphatic rings. The molecule has 4 nitrogen and oxygen atoms in total. The monoisotopic (exact) mass is 311 g/mol. The zero-order valence-corrected chi connectivity index (χ0v) is 13.9. The molecule has 2 aliphatic heterocycles. The molecule has 0 aliphatic carbocycles. The molecule has 21 heavy (non-hydrogen) atoms. The van der Waals surface area contributed by atoms with Crippen LogP contribution in [0.4, 0.5) is 5.69 Å². The molecule has 0 unspecified atom stereocenters. The largest absolute Gasteiger partial charge is 1.00 e. The van der Waals surface area contributed by atoms with Gasteiger partial charge in [-0.25, -0.2) is 0 Å². The van der Waals surface area contributed by atoms with E-state index in [1.807, 2.05) is 0 Å². The van der Waals surface area contributed by atoms with Gasteiger partial charge in [0.25, 0.3) is 0 Å². The molecule has 1 aromatic carbocycles. The lowest BCUT2D eigenvalue weighted by atomic mass is 10.1. The van der Waals surface area contributed by atoms with E-state index < -0.39 is 0 Å². The molecule has 2 fully saturated rings. The van der Waals surface area contributed by atoms with E-state index >= 15 is 0 Å². The molecule has 0 N–H and O–H groups in total. The molecular formula is C16H26ClN3O. The van der Waals surface area contributed by atoms with Gasteiger partial charge in [-0.2, -0.15) is 0 Å². The van der Waals surface area contributed by atoms with E-state index in [1.54, 1.807) is 7.11 Å². The minimum absolute atomic E-state index is 0. The second-order valence-electron chi connectivity index (χ2n) is 6.22. The Morgan fingerprint density at radius 3 is 1.95 bits per heavy atom. The topological polar surface area (TPSA) is 15.7 Å². The first-order chi connectivity index (χ1) is 9.71. The Morgan fingerprint density at radius 1 is 0.905 bits per heavy atom. The number of quaternary nitrogens is 1. The molecule has 0 radical (unpaired) electrons. The number of ether oxygens (including phenoxy) is 1. The molecule has 0 aromatic heterocycles. The number of benzene rings is 1. The van der Waals surface area contributed by atoms with Crippen LogP contribution >= 0.6 is 0 Å². The second kappa shape index (κ2) is 6.86. The van der Waals surface area contributed by atoms with E-state index in [2.05, 4.69) is 41.1 Å². The van der Waals surface area contributed by atoms with Gasteiger partial charge in [0.2, 0.25) is 0 Å². The number of halogens is 1. The van der Waals surface area contributed by atoms with Gasteiger partial charge < -0.3 is 26.5 Å². The SMILES string of the molecule is COc1ccc(N2CC[N+]3(CCN(C)CC3)CC2)cc1.[Cl-]. The van der Waals surface area contributed by atoms with Crippen molar-refractivity contribution in [3.63, 3.8) is 0 Å². The first kappa shape index (κ1) is 16.4. The summed E-state index contributed by atoms with van der Waals surface area (Å²) in [5, 5.41) is 0. The van der Waals surface area contributed by atoms with Crippen molar-refractivity contribution in [2.45, 2.75) is 0 Å². The zero-order chi connectivity index (χ0) is 14.0. The summed E-state index contributed by atoms with van der Waals surface area (Å²) < 4.78 is 6.56. The molecule has 3 rings (SSSR count). The first-order valence-corrected chi connectivity index (χ1v) is 7.63. The number of hydrogen-bond donors (Lipinski definition) is 0. The van der Waals surface area contributed by atoms with E-state index in [0.29, 0.717) is 0 Å². The van der Waals surface area contributed by atoms with Gasteiger partial charge in [-0.3, -0.25) is 4.90 Å². The van der Waals surface area contributed by atoms with Crippen molar-refractivity contribution >= 4 is 5.69 Å². The third kappa shape index (κ3) is 3.62. The number of rotatable bonds is 2. The van der Waals surface area contributed by atoms with Crippen molar-refractivity contribution in [1.29, 1.82) is 0 Å². The average molecular weight is 312 g/mol. The van der Waals surface area contributed by atoms with Gasteiger partial charge in [-0.1, -0.05) is 0 Å². The zero-order valence-electron chi connectivity index (χ0n) is 13.1. The van der Waals surface area contributed by atoms with Crippen LogP contribution in [0.25, 0.3) is 0 Å². The summed E-state index contributed by atoms with van der Waals surface area (Å²) in [6.45, 7) is 10.1. The van der Waals surface area contributed by atoms with Crippen LogP contribution in [0, 0.1) is 0 Å². The average Bonchev–Trinajstić information content (AvgIpc) is 2.52. The fourth-order valence-corrected chi connectivity index (χ4v) is 3.38. The van der Waals surface area contributed by atoms with Gasteiger partial charge in [0.1, 0.15) is 5.75 Å². The first-order valence-electron chi connectivity index (χ1n) is 7.63. The maximum absolute atomic E-state index is 5.23. The number of likely N-dealkylation sites (N-methyl/N-ethyl adjacent to an activating group) is 1. The van der Waals surface area contributed by atoms with E-state index in [-0.39, 0.29) is 12.4 Å². The lowest BCUT2D eigenvalue weighted by Crippen LogP contribution is -3.00. The highest BCUT2D eigenvalue weighted by Gasteiger charge is 2.35. The molecular weight excluding hydrogens is 286 g/mol. The number of methoxy groups -OCH3 is 1. The molecule has 2 saturated heterocycles. The summed E-state index contributed by atoms with van der Waals surface area (Å²) in [5.41, 5.74) is 1.33. The Labute approximate surface area is 134 Å². The predicted molar refractivity (Wildman–Crippen MR) is 82.4 cm³/mol. The van der Waals surface area contributed by atoms with Crippen molar-refractivity contribution in [2.24, 2.45) is 0 Å². The third-order valence-corrected chi connectivity index (χ3v) is 5.04. The quantitative estimate of drug-likeness (QED) is 0.605. The van der Waals surface area contributed by atoms with Gasteiger partial charge in [0.05, 0.1) is 46.4 Å². The smallest absolute Gasteiger partial charge is 0.119 e. The Kier molecular flexibility index (Phi) is 5.36. The summed E-state index contributed by atoms with van der Waals surface area (Å²) in [6, 6.07) is 8.48. The van der Waals surface area contributed by atoms with E-state index in [0.717, 1.165) is 5.75 Å². The highest BCUT2D eigenvalue weighted by Crippen LogP contribution is 2.23. The van der Waals surface area contributed by atoms with E-state index in [4.69, 9.17) is 4.74 Å². The summed E-state index contributed by atoms with van der Waals surface area (Å²) in [4.78, 5) is 4.97. The molecule has 5 heteroatoms. The molecule has 1 spiro atoms. The van der Waals surface area contributed by atoms with Gasteiger partial charge >= 0.3 is 0 Å².